The van der Waals surface area contributed by atoms with Crippen molar-refractivity contribution in [3.05, 3.63) is 23.8 Å². The van der Waals surface area contributed by atoms with E-state index < -0.39 is 6.10 Å². The van der Waals surface area contributed by atoms with Gasteiger partial charge in [-0.15, -0.1) is 0 Å². The minimum Gasteiger partial charge on any atom is -0.497 e. The Morgan fingerprint density at radius 3 is 2.40 bits per heavy atom. The predicted molar refractivity (Wildman–Crippen MR) is 54.9 cm³/mol. The molecule has 0 aliphatic carbocycles. The van der Waals surface area contributed by atoms with Crippen LogP contribution in [0.15, 0.2) is 18.2 Å². The normalized spacial score (nSPS) is 11.6. The van der Waals surface area contributed by atoms with Gasteiger partial charge in [0, 0.05) is 18.7 Å². The van der Waals surface area contributed by atoms with Crippen molar-refractivity contribution in [3.8, 4) is 17.6 Å². The number of hydrogen-bond donors (Lipinski definition) is 0. The molecule has 4 nitrogen and oxygen atoms in total. The van der Waals surface area contributed by atoms with Crippen LogP contribution in [0.2, 0.25) is 0 Å². The highest BCUT2D eigenvalue weighted by Crippen LogP contribution is 2.30. The average molecular weight is 207 g/mol. The van der Waals surface area contributed by atoms with Crippen molar-refractivity contribution in [2.75, 3.05) is 21.3 Å². The highest BCUT2D eigenvalue weighted by atomic mass is 16.5. The second-order valence-corrected chi connectivity index (χ2v) is 2.85. The van der Waals surface area contributed by atoms with E-state index in [0.717, 1.165) is 0 Å². The minimum atomic E-state index is -0.620. The van der Waals surface area contributed by atoms with Gasteiger partial charge in [0.15, 0.2) is 6.10 Å². The maximum atomic E-state index is 8.86. The number of hydrogen-bond acceptors (Lipinski definition) is 4. The SMILES string of the molecule is COc1ccc(C(C#N)OC)c(OC)c1. The molecule has 0 radical (unpaired) electrons. The van der Waals surface area contributed by atoms with E-state index in [0.29, 0.717) is 17.1 Å². The van der Waals surface area contributed by atoms with Crippen molar-refractivity contribution in [1.82, 2.24) is 0 Å². The lowest BCUT2D eigenvalue weighted by Crippen LogP contribution is -2.01. The molecule has 0 N–H and O–H groups in total. The van der Waals surface area contributed by atoms with Gasteiger partial charge in [-0.1, -0.05) is 0 Å². The fraction of sp³-hybridized carbons (Fsp3) is 0.364. The van der Waals surface area contributed by atoms with E-state index in [1.807, 2.05) is 6.07 Å². The van der Waals surface area contributed by atoms with Crippen LogP contribution in [-0.2, 0) is 4.74 Å². The zero-order valence-electron chi connectivity index (χ0n) is 8.98. The van der Waals surface area contributed by atoms with E-state index in [1.165, 1.54) is 7.11 Å². The number of methoxy groups -OCH3 is 3. The van der Waals surface area contributed by atoms with Crippen LogP contribution >= 0.6 is 0 Å². The summed E-state index contributed by atoms with van der Waals surface area (Å²) in [7, 11) is 4.60. The van der Waals surface area contributed by atoms with E-state index in [9.17, 15) is 0 Å². The van der Waals surface area contributed by atoms with Crippen molar-refractivity contribution >= 4 is 0 Å². The summed E-state index contributed by atoms with van der Waals surface area (Å²) in [6, 6.07) is 7.28. The van der Waals surface area contributed by atoms with Crippen LogP contribution in [-0.4, -0.2) is 21.3 Å². The summed E-state index contributed by atoms with van der Waals surface area (Å²) in [5, 5.41) is 8.86. The Balaban J connectivity index is 3.13. The Bertz CT molecular complexity index is 371. The van der Waals surface area contributed by atoms with Crippen LogP contribution in [0.3, 0.4) is 0 Å². The molecule has 1 rings (SSSR count). The van der Waals surface area contributed by atoms with E-state index >= 15 is 0 Å². The molecule has 0 heterocycles. The van der Waals surface area contributed by atoms with Crippen LogP contribution in [0.1, 0.15) is 11.7 Å². The molecule has 1 unspecified atom stereocenters. The van der Waals surface area contributed by atoms with Crippen LogP contribution in [0, 0.1) is 11.3 Å². The summed E-state index contributed by atoms with van der Waals surface area (Å²) >= 11 is 0. The lowest BCUT2D eigenvalue weighted by molar-refractivity contribution is 0.145. The van der Waals surface area contributed by atoms with Crippen molar-refractivity contribution in [1.29, 1.82) is 5.26 Å². The quantitative estimate of drug-likeness (QED) is 0.756. The molecular formula is C11H13NO3. The van der Waals surface area contributed by atoms with Gasteiger partial charge in [-0.2, -0.15) is 5.26 Å². The molecule has 0 saturated heterocycles. The number of nitriles is 1. The van der Waals surface area contributed by atoms with E-state index in [1.54, 1.807) is 32.4 Å². The average Bonchev–Trinajstić information content (AvgIpc) is 2.31. The number of benzene rings is 1. The molecule has 0 aromatic heterocycles. The second kappa shape index (κ2) is 5.23. The predicted octanol–water partition coefficient (Wildman–Crippen LogP) is 1.91. The van der Waals surface area contributed by atoms with Gasteiger partial charge in [0.25, 0.3) is 0 Å². The molecule has 1 aromatic rings. The third-order valence-corrected chi connectivity index (χ3v) is 2.08. The highest BCUT2D eigenvalue weighted by Gasteiger charge is 2.15. The molecule has 0 bridgehead atoms. The molecular weight excluding hydrogens is 194 g/mol. The molecule has 0 saturated carbocycles. The zero-order chi connectivity index (χ0) is 11.3. The Labute approximate surface area is 89.0 Å². The lowest BCUT2D eigenvalue weighted by Gasteiger charge is -2.13. The third-order valence-electron chi connectivity index (χ3n) is 2.08. The Hall–Kier alpha value is -1.73. The lowest BCUT2D eigenvalue weighted by atomic mass is 10.1. The first-order chi connectivity index (χ1) is 7.26. The van der Waals surface area contributed by atoms with E-state index in [-0.39, 0.29) is 0 Å². The monoisotopic (exact) mass is 207 g/mol. The van der Waals surface area contributed by atoms with Gasteiger partial charge in [0.05, 0.1) is 20.3 Å². The van der Waals surface area contributed by atoms with Gasteiger partial charge in [0.1, 0.15) is 11.5 Å². The molecule has 0 amide bonds. The number of rotatable bonds is 4. The first-order valence-corrected chi connectivity index (χ1v) is 4.41. The van der Waals surface area contributed by atoms with Gasteiger partial charge in [-0.25, -0.2) is 0 Å². The fourth-order valence-electron chi connectivity index (χ4n) is 1.28. The summed E-state index contributed by atoms with van der Waals surface area (Å²) < 4.78 is 15.2. The standard InChI is InChI=1S/C11H13NO3/c1-13-8-4-5-9(10(6-8)14-2)11(7-12)15-3/h4-6,11H,1-3H3. The van der Waals surface area contributed by atoms with Crippen molar-refractivity contribution in [2.24, 2.45) is 0 Å². The Morgan fingerprint density at radius 2 is 1.93 bits per heavy atom. The van der Waals surface area contributed by atoms with Gasteiger partial charge in [-0.3, -0.25) is 0 Å². The molecule has 0 spiro atoms. The summed E-state index contributed by atoms with van der Waals surface area (Å²) in [6.45, 7) is 0. The zero-order valence-corrected chi connectivity index (χ0v) is 8.98. The van der Waals surface area contributed by atoms with E-state index in [2.05, 4.69) is 0 Å². The smallest absolute Gasteiger partial charge is 0.172 e. The molecule has 0 fully saturated rings. The van der Waals surface area contributed by atoms with Crippen LogP contribution in [0.4, 0.5) is 0 Å². The number of nitrogens with zero attached hydrogens (tertiary/aromatic N) is 1. The Kier molecular flexibility index (Phi) is 3.95. The summed E-state index contributed by atoms with van der Waals surface area (Å²) in [6.07, 6.45) is -0.620. The first kappa shape index (κ1) is 11.3. The third kappa shape index (κ3) is 2.39. The Morgan fingerprint density at radius 1 is 1.20 bits per heavy atom. The van der Waals surface area contributed by atoms with Gasteiger partial charge < -0.3 is 14.2 Å². The summed E-state index contributed by atoms with van der Waals surface area (Å²) in [4.78, 5) is 0. The maximum absolute atomic E-state index is 8.86. The van der Waals surface area contributed by atoms with Crippen LogP contribution in [0.5, 0.6) is 11.5 Å². The van der Waals surface area contributed by atoms with Gasteiger partial charge in [-0.05, 0) is 12.1 Å². The van der Waals surface area contributed by atoms with Gasteiger partial charge >= 0.3 is 0 Å². The highest BCUT2D eigenvalue weighted by molar-refractivity contribution is 5.43. The number of ether oxygens (including phenoxy) is 3. The molecule has 1 aromatic carbocycles. The molecule has 1 atom stereocenters. The molecule has 15 heavy (non-hydrogen) atoms. The molecule has 0 aliphatic heterocycles. The minimum absolute atomic E-state index is 0.586. The van der Waals surface area contributed by atoms with Crippen molar-refractivity contribution in [2.45, 2.75) is 6.10 Å². The summed E-state index contributed by atoms with van der Waals surface area (Å²) in [5.41, 5.74) is 0.698. The van der Waals surface area contributed by atoms with Gasteiger partial charge in [0.2, 0.25) is 0 Å². The van der Waals surface area contributed by atoms with E-state index in [4.69, 9.17) is 19.5 Å². The van der Waals surface area contributed by atoms with Crippen LogP contribution in [0.25, 0.3) is 0 Å². The second-order valence-electron chi connectivity index (χ2n) is 2.85. The fourth-order valence-corrected chi connectivity index (χ4v) is 1.28. The van der Waals surface area contributed by atoms with Crippen molar-refractivity contribution in [3.63, 3.8) is 0 Å². The largest absolute Gasteiger partial charge is 0.497 e. The molecule has 0 aliphatic rings. The first-order valence-electron chi connectivity index (χ1n) is 4.41. The topological polar surface area (TPSA) is 51.5 Å². The summed E-state index contributed by atoms with van der Waals surface area (Å²) in [5.74, 6) is 1.27. The van der Waals surface area contributed by atoms with Crippen molar-refractivity contribution < 1.29 is 14.2 Å². The molecule has 4 heteroatoms. The molecule has 80 valence electrons. The maximum Gasteiger partial charge on any atom is 0.172 e. The van der Waals surface area contributed by atoms with Crippen LogP contribution < -0.4 is 9.47 Å².